The van der Waals surface area contributed by atoms with E-state index in [4.69, 9.17) is 14.4 Å². The lowest BCUT2D eigenvalue weighted by Crippen LogP contribution is -2.37. The lowest BCUT2D eigenvalue weighted by Gasteiger charge is -2.24. The van der Waals surface area contributed by atoms with Crippen LogP contribution >= 0.6 is 11.8 Å². The summed E-state index contributed by atoms with van der Waals surface area (Å²) in [5.74, 6) is 0.984. The molecule has 0 radical (unpaired) electrons. The van der Waals surface area contributed by atoms with Crippen LogP contribution in [0.25, 0.3) is 0 Å². The molecule has 1 heterocycles. The summed E-state index contributed by atoms with van der Waals surface area (Å²) in [6, 6.07) is 17.4. The highest BCUT2D eigenvalue weighted by Gasteiger charge is 2.24. The maximum Gasteiger partial charge on any atom is 0.277 e. The van der Waals surface area contributed by atoms with Crippen molar-refractivity contribution in [2.75, 3.05) is 11.4 Å². The first-order chi connectivity index (χ1) is 15.0. The molecule has 3 aromatic rings. The number of anilines is 1. The summed E-state index contributed by atoms with van der Waals surface area (Å²) in [5, 5.41) is 16.8. The lowest BCUT2D eigenvalue weighted by molar-refractivity contribution is -0.117. The van der Waals surface area contributed by atoms with E-state index in [-0.39, 0.29) is 18.9 Å². The van der Waals surface area contributed by atoms with Gasteiger partial charge in [-0.15, -0.1) is 10.2 Å². The number of rotatable bonds is 9. The largest absolute Gasteiger partial charge is 0.484 e. The van der Waals surface area contributed by atoms with Gasteiger partial charge < -0.3 is 14.1 Å². The van der Waals surface area contributed by atoms with Crippen molar-refractivity contribution in [1.29, 1.82) is 5.26 Å². The summed E-state index contributed by atoms with van der Waals surface area (Å²) in [6.45, 7) is 6.23. The molecule has 0 aliphatic carbocycles. The first kappa shape index (κ1) is 22.4. The molecule has 2 aromatic carbocycles. The van der Waals surface area contributed by atoms with Gasteiger partial charge in [0.1, 0.15) is 5.75 Å². The second-order valence-electron chi connectivity index (χ2n) is 7.01. The molecule has 0 saturated heterocycles. The summed E-state index contributed by atoms with van der Waals surface area (Å²) in [5.41, 5.74) is 2.88. The molecular formula is C23H24N4O3S. The molecule has 0 bridgehead atoms. The maximum absolute atomic E-state index is 13.0. The van der Waals surface area contributed by atoms with Crippen LogP contribution in [0.15, 0.2) is 58.2 Å². The monoisotopic (exact) mass is 436 g/mol. The molecule has 7 nitrogen and oxygen atoms in total. The van der Waals surface area contributed by atoms with E-state index in [1.165, 1.54) is 11.8 Å². The van der Waals surface area contributed by atoms with E-state index >= 15 is 0 Å². The predicted octanol–water partition coefficient (Wildman–Crippen LogP) is 4.69. The van der Waals surface area contributed by atoms with Gasteiger partial charge in [-0.25, -0.2) is 0 Å². The molecule has 1 atom stereocenters. The molecule has 0 saturated carbocycles. The number of hydrogen-bond donors (Lipinski definition) is 0. The number of ether oxygens (including phenoxy) is 1. The molecule has 0 spiro atoms. The van der Waals surface area contributed by atoms with Crippen molar-refractivity contribution in [1.82, 2.24) is 10.2 Å². The van der Waals surface area contributed by atoms with E-state index < -0.39 is 5.25 Å². The second-order valence-corrected chi connectivity index (χ2v) is 8.31. The molecule has 1 unspecified atom stereocenters. The van der Waals surface area contributed by atoms with Crippen molar-refractivity contribution in [3.63, 3.8) is 0 Å². The zero-order chi connectivity index (χ0) is 22.2. The number of aryl methyl sites for hydroxylation is 2. The topological polar surface area (TPSA) is 92.3 Å². The van der Waals surface area contributed by atoms with Gasteiger partial charge in [-0.1, -0.05) is 42.1 Å². The van der Waals surface area contributed by atoms with Crippen LogP contribution in [0, 0.1) is 25.2 Å². The Kier molecular flexibility index (Phi) is 7.68. The van der Waals surface area contributed by atoms with Crippen molar-refractivity contribution < 1.29 is 13.9 Å². The van der Waals surface area contributed by atoms with E-state index in [1.54, 1.807) is 11.8 Å². The van der Waals surface area contributed by atoms with Gasteiger partial charge in [0, 0.05) is 12.2 Å². The van der Waals surface area contributed by atoms with Crippen LogP contribution in [0.1, 0.15) is 30.4 Å². The van der Waals surface area contributed by atoms with Crippen LogP contribution < -0.4 is 9.64 Å². The van der Waals surface area contributed by atoms with Gasteiger partial charge in [-0.2, -0.15) is 5.26 Å². The smallest absolute Gasteiger partial charge is 0.277 e. The molecule has 3 rings (SSSR count). The number of aromatic nitrogens is 2. The molecule has 0 aliphatic rings. The summed E-state index contributed by atoms with van der Waals surface area (Å²) < 4.78 is 11.5. The molecular weight excluding hydrogens is 412 g/mol. The number of carbonyl (C=O) groups excluding carboxylic acids is 1. The summed E-state index contributed by atoms with van der Waals surface area (Å²) in [6.07, 6.45) is 0.248. The number of hydrogen-bond acceptors (Lipinski definition) is 7. The Morgan fingerprint density at radius 2 is 2.00 bits per heavy atom. The SMILES string of the molecule is Cc1ccc(C)c(OCc2nnc(SC(C)C(=O)N(CCC#N)c3ccccc3)o2)c1. The van der Waals surface area contributed by atoms with Crippen molar-refractivity contribution in [3.05, 3.63) is 65.5 Å². The highest BCUT2D eigenvalue weighted by Crippen LogP contribution is 2.26. The highest BCUT2D eigenvalue weighted by atomic mass is 32.2. The Bertz CT molecular complexity index is 1060. The molecule has 0 aliphatic heterocycles. The van der Waals surface area contributed by atoms with Crippen molar-refractivity contribution >= 4 is 23.4 Å². The van der Waals surface area contributed by atoms with Crippen LogP contribution in [-0.4, -0.2) is 27.9 Å². The van der Waals surface area contributed by atoms with Crippen molar-refractivity contribution in [2.45, 2.75) is 44.3 Å². The normalized spacial score (nSPS) is 11.5. The van der Waals surface area contributed by atoms with Gasteiger partial charge in [0.2, 0.25) is 5.91 Å². The Morgan fingerprint density at radius 3 is 2.74 bits per heavy atom. The lowest BCUT2D eigenvalue weighted by atomic mass is 10.1. The molecule has 1 amide bonds. The molecule has 8 heteroatoms. The van der Waals surface area contributed by atoms with Crippen LogP contribution in [0.4, 0.5) is 5.69 Å². The Labute approximate surface area is 186 Å². The van der Waals surface area contributed by atoms with Gasteiger partial charge in [-0.3, -0.25) is 4.79 Å². The number of nitrogens with zero attached hydrogens (tertiary/aromatic N) is 4. The fourth-order valence-electron chi connectivity index (χ4n) is 2.90. The summed E-state index contributed by atoms with van der Waals surface area (Å²) in [4.78, 5) is 14.6. The second kappa shape index (κ2) is 10.6. The molecule has 160 valence electrons. The minimum Gasteiger partial charge on any atom is -0.484 e. The Balaban J connectivity index is 1.62. The highest BCUT2D eigenvalue weighted by molar-refractivity contribution is 8.00. The van der Waals surface area contributed by atoms with E-state index in [9.17, 15) is 4.79 Å². The number of amides is 1. The first-order valence-corrected chi connectivity index (χ1v) is 10.8. The molecule has 1 aromatic heterocycles. The molecule has 0 fully saturated rings. The predicted molar refractivity (Wildman–Crippen MR) is 119 cm³/mol. The fourth-order valence-corrected chi connectivity index (χ4v) is 3.67. The average molecular weight is 437 g/mol. The third-order valence-electron chi connectivity index (χ3n) is 4.55. The number of para-hydroxylation sites is 1. The number of nitriles is 1. The minimum atomic E-state index is -0.466. The minimum absolute atomic E-state index is 0.127. The van der Waals surface area contributed by atoms with E-state index in [1.807, 2.05) is 62.4 Å². The Hall–Kier alpha value is -3.31. The zero-order valence-electron chi connectivity index (χ0n) is 17.7. The van der Waals surface area contributed by atoms with E-state index in [0.29, 0.717) is 17.7 Å². The number of thioether (sulfide) groups is 1. The summed E-state index contributed by atoms with van der Waals surface area (Å²) >= 11 is 1.19. The van der Waals surface area contributed by atoms with Crippen LogP contribution in [0.3, 0.4) is 0 Å². The standard InChI is InChI=1S/C23H24N4O3S/c1-16-10-11-17(2)20(14-16)29-15-21-25-26-23(30-21)31-18(3)22(28)27(13-7-12-24)19-8-5-4-6-9-19/h4-6,8-11,14,18H,7,13,15H2,1-3H3. The van der Waals surface area contributed by atoms with Gasteiger partial charge in [-0.05, 0) is 50.1 Å². The third kappa shape index (κ3) is 6.09. The van der Waals surface area contributed by atoms with Gasteiger partial charge >= 0.3 is 0 Å². The van der Waals surface area contributed by atoms with Crippen molar-refractivity contribution in [3.8, 4) is 11.8 Å². The van der Waals surface area contributed by atoms with Crippen LogP contribution in [0.5, 0.6) is 5.75 Å². The third-order valence-corrected chi connectivity index (χ3v) is 5.47. The van der Waals surface area contributed by atoms with Gasteiger partial charge in [0.25, 0.3) is 11.1 Å². The number of carbonyl (C=O) groups is 1. The fraction of sp³-hybridized carbons (Fsp3) is 0.304. The van der Waals surface area contributed by atoms with E-state index in [0.717, 1.165) is 22.6 Å². The zero-order valence-corrected chi connectivity index (χ0v) is 18.6. The maximum atomic E-state index is 13.0. The Morgan fingerprint density at radius 1 is 1.23 bits per heavy atom. The summed E-state index contributed by atoms with van der Waals surface area (Å²) in [7, 11) is 0. The molecule has 31 heavy (non-hydrogen) atoms. The van der Waals surface area contributed by atoms with Crippen molar-refractivity contribution in [2.24, 2.45) is 0 Å². The quantitative estimate of drug-likeness (QED) is 0.449. The first-order valence-electron chi connectivity index (χ1n) is 9.90. The molecule has 0 N–H and O–H groups in total. The van der Waals surface area contributed by atoms with Gasteiger partial charge in [0.05, 0.1) is 17.7 Å². The average Bonchev–Trinajstić information content (AvgIpc) is 3.22. The van der Waals surface area contributed by atoms with E-state index in [2.05, 4.69) is 16.3 Å². The number of benzene rings is 2. The van der Waals surface area contributed by atoms with Gasteiger partial charge in [0.15, 0.2) is 6.61 Å². The van der Waals surface area contributed by atoms with Crippen LogP contribution in [0.2, 0.25) is 0 Å². The van der Waals surface area contributed by atoms with Crippen LogP contribution in [-0.2, 0) is 11.4 Å².